The minimum atomic E-state index is -0.205. The maximum atomic E-state index is 12.4. The van der Waals surface area contributed by atoms with Gasteiger partial charge in [-0.05, 0) is 31.4 Å². The van der Waals surface area contributed by atoms with E-state index >= 15 is 0 Å². The summed E-state index contributed by atoms with van der Waals surface area (Å²) < 4.78 is 5.23. The molecule has 8 nitrogen and oxygen atoms in total. The Morgan fingerprint density at radius 1 is 1.36 bits per heavy atom. The third-order valence-corrected chi connectivity index (χ3v) is 5.39. The van der Waals surface area contributed by atoms with Crippen LogP contribution in [0.3, 0.4) is 0 Å². The van der Waals surface area contributed by atoms with Gasteiger partial charge in [0, 0.05) is 37.3 Å². The van der Waals surface area contributed by atoms with Crippen molar-refractivity contribution in [2.75, 3.05) is 11.4 Å². The van der Waals surface area contributed by atoms with Gasteiger partial charge in [-0.1, -0.05) is 18.5 Å². The predicted octanol–water partition coefficient (Wildman–Crippen LogP) is 1.81. The van der Waals surface area contributed by atoms with Gasteiger partial charge < -0.3 is 20.1 Å². The van der Waals surface area contributed by atoms with E-state index in [0.717, 1.165) is 37.2 Å². The van der Waals surface area contributed by atoms with Crippen molar-refractivity contribution in [3.05, 3.63) is 41.4 Å². The second kappa shape index (κ2) is 8.00. The van der Waals surface area contributed by atoms with Crippen LogP contribution in [0.25, 0.3) is 0 Å². The van der Waals surface area contributed by atoms with Crippen LogP contribution in [0.15, 0.2) is 28.9 Å². The number of carbonyl (C=O) groups is 2. The highest BCUT2D eigenvalue weighted by Crippen LogP contribution is 2.32. The number of nitrogens with zero attached hydrogens (tertiary/aromatic N) is 3. The molecular weight excluding hydrogens is 358 g/mol. The van der Waals surface area contributed by atoms with Gasteiger partial charge in [-0.25, -0.2) is 4.98 Å². The third kappa shape index (κ3) is 3.85. The first kappa shape index (κ1) is 18.5. The summed E-state index contributed by atoms with van der Waals surface area (Å²) in [6.07, 6.45) is 6.00. The summed E-state index contributed by atoms with van der Waals surface area (Å²) in [6, 6.07) is 5.97. The summed E-state index contributed by atoms with van der Waals surface area (Å²) in [7, 11) is 0. The molecular formula is C20H25N5O3. The molecule has 2 aliphatic rings. The van der Waals surface area contributed by atoms with E-state index in [4.69, 9.17) is 4.52 Å². The smallest absolute Gasteiger partial charge is 0.253 e. The highest BCUT2D eigenvalue weighted by Gasteiger charge is 2.38. The molecule has 2 N–H and O–H groups in total. The van der Waals surface area contributed by atoms with Crippen molar-refractivity contribution in [2.45, 2.75) is 57.7 Å². The van der Waals surface area contributed by atoms with Crippen LogP contribution in [-0.4, -0.2) is 40.6 Å². The first-order valence-corrected chi connectivity index (χ1v) is 9.87. The number of anilines is 1. The Labute approximate surface area is 163 Å². The van der Waals surface area contributed by atoms with E-state index in [1.165, 1.54) is 0 Å². The molecule has 0 saturated carbocycles. The zero-order chi connectivity index (χ0) is 19.5. The lowest BCUT2D eigenvalue weighted by atomic mass is 10.1. The van der Waals surface area contributed by atoms with Crippen LogP contribution in [0.2, 0.25) is 0 Å². The maximum Gasteiger partial charge on any atom is 0.253 e. The Bertz CT molecular complexity index is 848. The molecule has 28 heavy (non-hydrogen) atoms. The molecule has 0 radical (unpaired) electrons. The summed E-state index contributed by atoms with van der Waals surface area (Å²) in [6.45, 7) is 3.02. The number of amides is 2. The van der Waals surface area contributed by atoms with Crippen LogP contribution in [0, 0.1) is 0 Å². The summed E-state index contributed by atoms with van der Waals surface area (Å²) in [5.74, 6) is 1.35. The van der Waals surface area contributed by atoms with Crippen molar-refractivity contribution in [1.82, 2.24) is 20.8 Å². The molecule has 0 spiro atoms. The van der Waals surface area contributed by atoms with E-state index in [1.54, 1.807) is 12.3 Å². The van der Waals surface area contributed by atoms with Gasteiger partial charge in [-0.15, -0.1) is 0 Å². The highest BCUT2D eigenvalue weighted by atomic mass is 16.5. The van der Waals surface area contributed by atoms with Crippen molar-refractivity contribution in [2.24, 2.45) is 0 Å². The Morgan fingerprint density at radius 2 is 2.21 bits per heavy atom. The molecule has 4 rings (SSSR count). The normalized spacial score (nSPS) is 21.3. The van der Waals surface area contributed by atoms with Crippen LogP contribution in [-0.2, 0) is 17.8 Å². The summed E-state index contributed by atoms with van der Waals surface area (Å²) in [4.78, 5) is 30.9. The van der Waals surface area contributed by atoms with Gasteiger partial charge in [0.15, 0.2) is 5.76 Å². The first-order chi connectivity index (χ1) is 13.6. The van der Waals surface area contributed by atoms with Crippen molar-refractivity contribution < 1.29 is 14.1 Å². The molecule has 0 unspecified atom stereocenters. The van der Waals surface area contributed by atoms with Crippen molar-refractivity contribution in [1.29, 1.82) is 0 Å². The van der Waals surface area contributed by atoms with Crippen molar-refractivity contribution >= 4 is 17.6 Å². The average Bonchev–Trinajstić information content (AvgIpc) is 3.27. The molecule has 2 bridgehead atoms. The van der Waals surface area contributed by atoms with E-state index < -0.39 is 0 Å². The van der Waals surface area contributed by atoms with Crippen LogP contribution in [0.5, 0.6) is 0 Å². The van der Waals surface area contributed by atoms with E-state index in [2.05, 4.69) is 32.6 Å². The van der Waals surface area contributed by atoms with Crippen LogP contribution >= 0.6 is 0 Å². The lowest BCUT2D eigenvalue weighted by molar-refractivity contribution is -0.121. The van der Waals surface area contributed by atoms with Crippen molar-refractivity contribution in [3.8, 4) is 0 Å². The molecule has 2 fully saturated rings. The van der Waals surface area contributed by atoms with Gasteiger partial charge >= 0.3 is 0 Å². The minimum absolute atomic E-state index is 0.0997. The van der Waals surface area contributed by atoms with Gasteiger partial charge in [0.1, 0.15) is 5.82 Å². The van der Waals surface area contributed by atoms with Crippen LogP contribution in [0.1, 0.15) is 54.4 Å². The fourth-order valence-electron chi connectivity index (χ4n) is 4.01. The monoisotopic (exact) mass is 383 g/mol. The molecule has 0 aliphatic carbocycles. The molecule has 8 heteroatoms. The number of carbonyl (C=O) groups excluding carboxylic acids is 2. The number of hydrogen-bond donors (Lipinski definition) is 2. The molecule has 148 valence electrons. The summed E-state index contributed by atoms with van der Waals surface area (Å²) >= 11 is 0. The quantitative estimate of drug-likeness (QED) is 0.789. The molecule has 2 aliphatic heterocycles. The topological polar surface area (TPSA) is 100 Å². The fraction of sp³-hybridized carbons (Fsp3) is 0.500. The number of fused-ring (bicyclic) bond motifs is 2. The number of rotatable bonds is 6. The molecule has 2 amide bonds. The van der Waals surface area contributed by atoms with Gasteiger partial charge in [0.25, 0.3) is 5.91 Å². The SMILES string of the molecule is CCCc1cc(CNC(=O)c2ccc(N3[C@@H]4CC[C@H]3CNC(=O)C4)nc2)on1. The predicted molar refractivity (Wildman–Crippen MR) is 103 cm³/mol. The molecule has 2 saturated heterocycles. The van der Waals surface area contributed by atoms with Crippen LogP contribution < -0.4 is 15.5 Å². The van der Waals surface area contributed by atoms with E-state index in [1.807, 2.05) is 12.1 Å². The third-order valence-electron chi connectivity index (χ3n) is 5.39. The molecule has 2 aromatic rings. The second-order valence-electron chi connectivity index (χ2n) is 7.42. The molecule has 4 heterocycles. The molecule has 2 atom stereocenters. The first-order valence-electron chi connectivity index (χ1n) is 9.87. The van der Waals surface area contributed by atoms with Gasteiger partial charge in [-0.3, -0.25) is 9.59 Å². The summed E-state index contributed by atoms with van der Waals surface area (Å²) in [5, 5.41) is 9.77. The number of aromatic nitrogens is 2. The Balaban J connectivity index is 1.38. The Hall–Kier alpha value is -2.90. The molecule has 0 aromatic carbocycles. The minimum Gasteiger partial charge on any atom is -0.359 e. The highest BCUT2D eigenvalue weighted by molar-refractivity contribution is 5.94. The zero-order valence-corrected chi connectivity index (χ0v) is 16.0. The zero-order valence-electron chi connectivity index (χ0n) is 16.0. The largest absolute Gasteiger partial charge is 0.359 e. The number of hydrogen-bond acceptors (Lipinski definition) is 6. The van der Waals surface area contributed by atoms with Crippen molar-refractivity contribution in [3.63, 3.8) is 0 Å². The standard InChI is InChI=1S/C20H25N5O3/c1-2-3-14-8-17(28-24-14)12-23-20(27)13-4-7-18(21-10-13)25-15-5-6-16(25)11-22-19(26)9-15/h4,7-8,10,15-16H,2-3,5-6,9,11-12H2,1H3,(H,22,26)(H,23,27)/t15-,16+/m1/s1. The Morgan fingerprint density at radius 3 is 3.00 bits per heavy atom. The fourth-order valence-corrected chi connectivity index (χ4v) is 4.01. The van der Waals surface area contributed by atoms with Gasteiger partial charge in [0.2, 0.25) is 5.91 Å². The average molecular weight is 383 g/mol. The maximum absolute atomic E-state index is 12.4. The summed E-state index contributed by atoms with van der Waals surface area (Å²) in [5.41, 5.74) is 1.39. The second-order valence-corrected chi connectivity index (χ2v) is 7.42. The van der Waals surface area contributed by atoms with E-state index in [0.29, 0.717) is 30.8 Å². The van der Waals surface area contributed by atoms with Crippen LogP contribution in [0.4, 0.5) is 5.82 Å². The van der Waals surface area contributed by atoms with Gasteiger partial charge in [-0.2, -0.15) is 0 Å². The van der Waals surface area contributed by atoms with E-state index in [9.17, 15) is 9.59 Å². The van der Waals surface area contributed by atoms with Gasteiger partial charge in [0.05, 0.1) is 17.8 Å². The number of nitrogens with one attached hydrogen (secondary N) is 2. The lowest BCUT2D eigenvalue weighted by Gasteiger charge is -2.28. The number of aryl methyl sites for hydroxylation is 1. The molecule has 2 aromatic heterocycles. The Kier molecular flexibility index (Phi) is 5.27. The van der Waals surface area contributed by atoms with E-state index in [-0.39, 0.29) is 23.9 Å². The lowest BCUT2D eigenvalue weighted by Crippen LogP contribution is -2.38. The number of pyridine rings is 1.